The third-order valence-corrected chi connectivity index (χ3v) is 3.05. The molecular weight excluding hydrogens is 204 g/mol. The molecule has 88 valence electrons. The van der Waals surface area contributed by atoms with Gasteiger partial charge in [0.2, 0.25) is 5.88 Å². The van der Waals surface area contributed by atoms with Crippen LogP contribution in [-0.4, -0.2) is 25.3 Å². The summed E-state index contributed by atoms with van der Waals surface area (Å²) in [7, 11) is 1.62. The van der Waals surface area contributed by atoms with Gasteiger partial charge in [0.05, 0.1) is 7.11 Å². The number of rotatable bonds is 3. The normalized spacial score (nSPS) is 17.4. The summed E-state index contributed by atoms with van der Waals surface area (Å²) >= 11 is 0. The molecule has 4 heteroatoms. The maximum absolute atomic E-state index is 5.68. The van der Waals surface area contributed by atoms with Crippen LogP contribution in [0.4, 0.5) is 0 Å². The van der Waals surface area contributed by atoms with Crippen molar-refractivity contribution in [1.29, 1.82) is 0 Å². The van der Waals surface area contributed by atoms with E-state index in [1.54, 1.807) is 7.11 Å². The van der Waals surface area contributed by atoms with Crippen LogP contribution in [0, 0.1) is 0 Å². The fourth-order valence-electron chi connectivity index (χ4n) is 2.10. The molecule has 2 rings (SSSR count). The Bertz CT molecular complexity index is 349. The first-order valence-electron chi connectivity index (χ1n) is 5.65. The van der Waals surface area contributed by atoms with Gasteiger partial charge >= 0.3 is 0 Å². The molecule has 0 bridgehead atoms. The number of hydrogen-bond acceptors (Lipinski definition) is 4. The smallest absolute Gasteiger partial charge is 0.217 e. The van der Waals surface area contributed by atoms with Crippen molar-refractivity contribution in [2.75, 3.05) is 20.3 Å². The van der Waals surface area contributed by atoms with E-state index in [1.165, 1.54) is 5.56 Å². The summed E-state index contributed by atoms with van der Waals surface area (Å²) in [5, 5.41) is 0. The van der Waals surface area contributed by atoms with Crippen molar-refractivity contribution in [1.82, 2.24) is 4.98 Å². The second kappa shape index (κ2) is 5.27. The lowest BCUT2D eigenvalue weighted by molar-refractivity contribution is 0.0852. The first-order chi connectivity index (χ1) is 7.85. The lowest BCUT2D eigenvalue weighted by Gasteiger charge is -2.22. The van der Waals surface area contributed by atoms with E-state index in [1.807, 2.05) is 6.20 Å². The molecule has 1 aliphatic heterocycles. The number of nitrogens with two attached hydrogens (primary N) is 1. The minimum absolute atomic E-state index is 0.466. The Morgan fingerprint density at radius 2 is 2.25 bits per heavy atom. The summed E-state index contributed by atoms with van der Waals surface area (Å²) < 4.78 is 10.5. The monoisotopic (exact) mass is 222 g/mol. The number of methoxy groups -OCH3 is 1. The molecule has 1 saturated heterocycles. The standard InChI is InChI=1S/C12H18N2O2/c1-15-12-10(7-13)6-11(8-14-12)9-2-4-16-5-3-9/h6,8-9H,2-5,7,13H2,1H3. The van der Waals surface area contributed by atoms with E-state index in [2.05, 4.69) is 11.1 Å². The van der Waals surface area contributed by atoms with Crippen LogP contribution < -0.4 is 10.5 Å². The van der Waals surface area contributed by atoms with Crippen LogP contribution in [0.1, 0.15) is 29.9 Å². The van der Waals surface area contributed by atoms with Crippen molar-refractivity contribution >= 4 is 0 Å². The Labute approximate surface area is 95.8 Å². The molecule has 2 N–H and O–H groups in total. The largest absolute Gasteiger partial charge is 0.481 e. The Kier molecular flexibility index (Phi) is 3.74. The molecule has 16 heavy (non-hydrogen) atoms. The lowest BCUT2D eigenvalue weighted by atomic mass is 9.92. The lowest BCUT2D eigenvalue weighted by Crippen LogP contribution is -2.15. The fourth-order valence-corrected chi connectivity index (χ4v) is 2.10. The Balaban J connectivity index is 2.20. The van der Waals surface area contributed by atoms with Crippen LogP contribution in [0.3, 0.4) is 0 Å². The maximum atomic E-state index is 5.68. The highest BCUT2D eigenvalue weighted by Gasteiger charge is 2.17. The van der Waals surface area contributed by atoms with Crippen LogP contribution in [-0.2, 0) is 11.3 Å². The molecule has 0 saturated carbocycles. The van der Waals surface area contributed by atoms with E-state index in [0.717, 1.165) is 31.6 Å². The highest BCUT2D eigenvalue weighted by Crippen LogP contribution is 2.28. The molecule has 1 aromatic heterocycles. The Hall–Kier alpha value is -1.13. The van der Waals surface area contributed by atoms with Gasteiger partial charge in [-0.25, -0.2) is 4.98 Å². The van der Waals surface area contributed by atoms with Gasteiger partial charge in [0, 0.05) is 31.5 Å². The molecule has 0 unspecified atom stereocenters. The minimum atomic E-state index is 0.466. The van der Waals surface area contributed by atoms with Crippen molar-refractivity contribution in [3.05, 3.63) is 23.4 Å². The van der Waals surface area contributed by atoms with Gasteiger partial charge in [-0.3, -0.25) is 0 Å². The predicted octanol–water partition coefficient (Wildman–Crippen LogP) is 1.44. The van der Waals surface area contributed by atoms with Gasteiger partial charge in [0.25, 0.3) is 0 Å². The van der Waals surface area contributed by atoms with Crippen LogP contribution in [0.5, 0.6) is 5.88 Å². The fraction of sp³-hybridized carbons (Fsp3) is 0.583. The Morgan fingerprint density at radius 1 is 1.50 bits per heavy atom. The van der Waals surface area contributed by atoms with Crippen LogP contribution in [0.2, 0.25) is 0 Å². The minimum Gasteiger partial charge on any atom is -0.481 e. The summed E-state index contributed by atoms with van der Waals surface area (Å²) in [6.45, 7) is 2.15. The zero-order valence-electron chi connectivity index (χ0n) is 9.61. The molecule has 0 atom stereocenters. The molecule has 0 aliphatic carbocycles. The molecule has 0 spiro atoms. The molecule has 0 amide bonds. The third-order valence-electron chi connectivity index (χ3n) is 3.05. The van der Waals surface area contributed by atoms with Gasteiger partial charge in [-0.1, -0.05) is 0 Å². The van der Waals surface area contributed by atoms with E-state index >= 15 is 0 Å². The summed E-state index contributed by atoms with van der Waals surface area (Å²) in [6, 6.07) is 2.11. The molecular formula is C12H18N2O2. The summed E-state index contributed by atoms with van der Waals surface area (Å²) in [5.41, 5.74) is 7.91. The molecule has 1 aromatic rings. The topological polar surface area (TPSA) is 57.4 Å². The average Bonchev–Trinajstić information content (AvgIpc) is 2.39. The number of ether oxygens (including phenoxy) is 2. The van der Waals surface area contributed by atoms with Crippen LogP contribution in [0.15, 0.2) is 12.3 Å². The zero-order chi connectivity index (χ0) is 11.4. The van der Waals surface area contributed by atoms with Gasteiger partial charge in [-0.2, -0.15) is 0 Å². The first kappa shape index (κ1) is 11.4. The van der Waals surface area contributed by atoms with E-state index < -0.39 is 0 Å². The van der Waals surface area contributed by atoms with Crippen LogP contribution in [0.25, 0.3) is 0 Å². The van der Waals surface area contributed by atoms with Gasteiger partial charge in [-0.05, 0) is 30.4 Å². The molecule has 0 radical (unpaired) electrons. The second-order valence-corrected chi connectivity index (χ2v) is 4.03. The van der Waals surface area contributed by atoms with Gasteiger partial charge in [0.15, 0.2) is 0 Å². The third kappa shape index (κ3) is 2.33. The summed E-state index contributed by atoms with van der Waals surface area (Å²) in [5.74, 6) is 1.19. The maximum Gasteiger partial charge on any atom is 0.217 e. The van der Waals surface area contributed by atoms with Crippen molar-refractivity contribution in [3.63, 3.8) is 0 Å². The second-order valence-electron chi connectivity index (χ2n) is 4.03. The van der Waals surface area contributed by atoms with Gasteiger partial charge in [-0.15, -0.1) is 0 Å². The molecule has 4 nitrogen and oxygen atoms in total. The van der Waals surface area contributed by atoms with Gasteiger partial charge < -0.3 is 15.2 Å². The number of aromatic nitrogens is 1. The number of pyridine rings is 1. The van der Waals surface area contributed by atoms with E-state index in [-0.39, 0.29) is 0 Å². The molecule has 1 fully saturated rings. The molecule has 1 aliphatic rings. The zero-order valence-corrected chi connectivity index (χ0v) is 9.61. The van der Waals surface area contributed by atoms with E-state index in [9.17, 15) is 0 Å². The van der Waals surface area contributed by atoms with E-state index in [0.29, 0.717) is 18.3 Å². The Morgan fingerprint density at radius 3 is 2.88 bits per heavy atom. The first-order valence-corrected chi connectivity index (χ1v) is 5.65. The van der Waals surface area contributed by atoms with Crippen molar-refractivity contribution in [2.24, 2.45) is 5.73 Å². The average molecular weight is 222 g/mol. The van der Waals surface area contributed by atoms with Crippen molar-refractivity contribution in [2.45, 2.75) is 25.3 Å². The van der Waals surface area contributed by atoms with E-state index in [4.69, 9.17) is 15.2 Å². The predicted molar refractivity (Wildman–Crippen MR) is 61.5 cm³/mol. The quantitative estimate of drug-likeness (QED) is 0.840. The summed E-state index contributed by atoms with van der Waals surface area (Å²) in [6.07, 6.45) is 4.03. The van der Waals surface area contributed by atoms with Gasteiger partial charge in [0.1, 0.15) is 0 Å². The SMILES string of the molecule is COc1ncc(C2CCOCC2)cc1CN. The van der Waals surface area contributed by atoms with Crippen molar-refractivity contribution < 1.29 is 9.47 Å². The summed E-state index contributed by atoms with van der Waals surface area (Å²) in [4.78, 5) is 4.30. The number of nitrogens with zero attached hydrogens (tertiary/aromatic N) is 1. The highest BCUT2D eigenvalue weighted by molar-refractivity contribution is 5.31. The van der Waals surface area contributed by atoms with Crippen molar-refractivity contribution in [3.8, 4) is 5.88 Å². The highest BCUT2D eigenvalue weighted by atomic mass is 16.5. The molecule has 0 aromatic carbocycles. The number of hydrogen-bond donors (Lipinski definition) is 1. The molecule has 2 heterocycles. The van der Waals surface area contributed by atoms with Crippen LogP contribution >= 0.6 is 0 Å².